The van der Waals surface area contributed by atoms with Crippen molar-refractivity contribution in [1.82, 2.24) is 20.2 Å². The van der Waals surface area contributed by atoms with Crippen molar-refractivity contribution < 1.29 is 27.2 Å². The number of aryl methyl sites for hydroxylation is 1. The first-order valence-corrected chi connectivity index (χ1v) is 9.95. The molecular formula is C20H20ClF4N5O2. The smallest absolute Gasteiger partial charge is 0.348 e. The van der Waals surface area contributed by atoms with E-state index in [9.17, 15) is 27.2 Å². The van der Waals surface area contributed by atoms with Gasteiger partial charge in [0, 0.05) is 36.7 Å². The van der Waals surface area contributed by atoms with Crippen LogP contribution in [-0.4, -0.2) is 57.7 Å². The summed E-state index contributed by atoms with van der Waals surface area (Å²) in [5, 5.41) is 2.52. The molecule has 0 saturated carbocycles. The molecule has 0 bridgehead atoms. The lowest BCUT2D eigenvalue weighted by molar-refractivity contribution is -0.269. The summed E-state index contributed by atoms with van der Waals surface area (Å²) < 4.78 is 52.3. The Bertz CT molecular complexity index is 968. The minimum atomic E-state index is -4.51. The largest absolute Gasteiger partial charge is 0.460 e. The molecular weight excluding hydrogens is 454 g/mol. The standard InChI is InChI=1S/C20H20ClF4N5O2/c1-12-3-5-15(6-4-12)30(17(31)16(21)22)19(2,13-7-26-11-27-8-13)18(32)28-14-9-29(10-14)20(23,24)25/h3-8,11,14,16H,9-10H2,1-2H3,(H,28,32)/t16-,19+/m0/s1. The number of carbonyl (C=O) groups is 2. The predicted molar refractivity (Wildman–Crippen MR) is 108 cm³/mol. The summed E-state index contributed by atoms with van der Waals surface area (Å²) in [5.41, 5.74) is -3.25. The summed E-state index contributed by atoms with van der Waals surface area (Å²) in [6.45, 7) is 2.24. The van der Waals surface area contributed by atoms with Crippen LogP contribution in [-0.2, 0) is 15.1 Å². The van der Waals surface area contributed by atoms with E-state index in [1.54, 1.807) is 19.1 Å². The quantitative estimate of drug-likeness (QED) is 0.396. The first-order valence-electron chi connectivity index (χ1n) is 9.51. The molecule has 1 fully saturated rings. The third-order valence-corrected chi connectivity index (χ3v) is 5.47. The fraction of sp³-hybridized carbons (Fsp3) is 0.400. The first kappa shape index (κ1) is 23.9. The molecule has 1 saturated heterocycles. The molecule has 1 N–H and O–H groups in total. The molecule has 32 heavy (non-hydrogen) atoms. The molecule has 1 aliphatic rings. The van der Waals surface area contributed by atoms with E-state index < -0.39 is 48.4 Å². The molecule has 2 heterocycles. The fourth-order valence-corrected chi connectivity index (χ4v) is 3.51. The number of amides is 2. The first-order chi connectivity index (χ1) is 14.9. The average Bonchev–Trinajstić information content (AvgIpc) is 2.71. The summed E-state index contributed by atoms with van der Waals surface area (Å²) in [6.07, 6.45) is -0.773. The fourth-order valence-electron chi connectivity index (χ4n) is 3.41. The van der Waals surface area contributed by atoms with Crippen LogP contribution in [0.25, 0.3) is 0 Å². The van der Waals surface area contributed by atoms with E-state index in [2.05, 4.69) is 15.3 Å². The van der Waals surface area contributed by atoms with Gasteiger partial charge in [-0.15, -0.1) is 0 Å². The molecule has 1 aromatic carbocycles. The molecule has 0 aliphatic carbocycles. The number of rotatable bonds is 6. The maximum absolute atomic E-state index is 14.0. The van der Waals surface area contributed by atoms with Crippen molar-refractivity contribution in [2.45, 2.75) is 37.4 Å². The molecule has 2 aromatic rings. The van der Waals surface area contributed by atoms with Crippen LogP contribution in [0.2, 0.25) is 0 Å². The topological polar surface area (TPSA) is 78.4 Å². The number of aromatic nitrogens is 2. The van der Waals surface area contributed by atoms with Crippen molar-refractivity contribution in [2.24, 2.45) is 0 Å². The number of hydrogen-bond donors (Lipinski definition) is 1. The van der Waals surface area contributed by atoms with Gasteiger partial charge in [0.05, 0.1) is 6.04 Å². The average molecular weight is 474 g/mol. The van der Waals surface area contributed by atoms with Gasteiger partial charge in [-0.05, 0) is 26.0 Å². The van der Waals surface area contributed by atoms with Gasteiger partial charge in [-0.3, -0.25) is 14.5 Å². The number of hydrogen-bond acceptors (Lipinski definition) is 5. The summed E-state index contributed by atoms with van der Waals surface area (Å²) in [6, 6.07) is 5.52. The second-order valence-electron chi connectivity index (χ2n) is 7.55. The van der Waals surface area contributed by atoms with E-state index in [1.165, 1.54) is 37.8 Å². The second-order valence-corrected chi connectivity index (χ2v) is 7.94. The van der Waals surface area contributed by atoms with Gasteiger partial charge < -0.3 is 5.32 Å². The zero-order chi connectivity index (χ0) is 23.7. The van der Waals surface area contributed by atoms with E-state index in [-0.39, 0.29) is 16.2 Å². The van der Waals surface area contributed by atoms with Gasteiger partial charge in [-0.2, -0.15) is 13.2 Å². The lowest BCUT2D eigenvalue weighted by Crippen LogP contribution is -2.67. The van der Waals surface area contributed by atoms with E-state index in [0.717, 1.165) is 10.5 Å². The Hall–Kier alpha value is -2.79. The van der Waals surface area contributed by atoms with Crippen molar-refractivity contribution in [3.8, 4) is 0 Å². The van der Waals surface area contributed by atoms with E-state index in [0.29, 0.717) is 0 Å². The van der Waals surface area contributed by atoms with Crippen LogP contribution < -0.4 is 10.2 Å². The number of alkyl halides is 5. The maximum Gasteiger partial charge on any atom is 0.460 e. The Morgan fingerprint density at radius 2 is 1.75 bits per heavy atom. The van der Waals surface area contributed by atoms with Crippen LogP contribution in [0.4, 0.5) is 23.2 Å². The molecule has 1 aromatic heterocycles. The van der Waals surface area contributed by atoms with Gasteiger partial charge in [0.2, 0.25) is 0 Å². The van der Waals surface area contributed by atoms with Crippen LogP contribution in [0.5, 0.6) is 0 Å². The number of halogens is 5. The Morgan fingerprint density at radius 3 is 2.25 bits per heavy atom. The zero-order valence-corrected chi connectivity index (χ0v) is 17.9. The van der Waals surface area contributed by atoms with Gasteiger partial charge in [0.1, 0.15) is 6.33 Å². The molecule has 1 aliphatic heterocycles. The van der Waals surface area contributed by atoms with Gasteiger partial charge in [0.15, 0.2) is 5.54 Å². The number of nitrogens with one attached hydrogen (secondary N) is 1. The van der Waals surface area contributed by atoms with Crippen LogP contribution in [0.15, 0.2) is 43.0 Å². The number of likely N-dealkylation sites (tertiary alicyclic amines) is 1. The van der Waals surface area contributed by atoms with Crippen molar-refractivity contribution >= 4 is 29.1 Å². The predicted octanol–water partition coefficient (Wildman–Crippen LogP) is 2.89. The number of nitrogens with zero attached hydrogens (tertiary/aromatic N) is 4. The van der Waals surface area contributed by atoms with Crippen LogP contribution in [0.3, 0.4) is 0 Å². The minimum Gasteiger partial charge on any atom is -0.348 e. The normalized spacial score (nSPS) is 17.7. The van der Waals surface area contributed by atoms with Crippen molar-refractivity contribution in [3.05, 3.63) is 54.1 Å². The second kappa shape index (κ2) is 8.99. The monoisotopic (exact) mass is 473 g/mol. The van der Waals surface area contributed by atoms with Crippen LogP contribution in [0.1, 0.15) is 18.1 Å². The number of carbonyl (C=O) groups excluding carboxylic acids is 2. The SMILES string of the molecule is Cc1ccc(N(C(=O)[C@H](F)Cl)[C@@](C)(C(=O)NC2CN(C(F)(F)F)C2)c2cncnc2)cc1. The van der Waals surface area contributed by atoms with Crippen LogP contribution >= 0.6 is 11.6 Å². The van der Waals surface area contributed by atoms with Gasteiger partial charge in [-0.1, -0.05) is 29.3 Å². The third-order valence-electron chi connectivity index (χ3n) is 5.29. The Kier molecular flexibility index (Phi) is 6.70. The van der Waals surface area contributed by atoms with E-state index in [1.807, 2.05) is 0 Å². The maximum atomic E-state index is 14.0. The zero-order valence-electron chi connectivity index (χ0n) is 17.1. The lowest BCUT2D eigenvalue weighted by atomic mass is 9.89. The van der Waals surface area contributed by atoms with Gasteiger partial charge >= 0.3 is 6.30 Å². The highest BCUT2D eigenvalue weighted by atomic mass is 35.5. The molecule has 0 unspecified atom stereocenters. The van der Waals surface area contributed by atoms with Crippen molar-refractivity contribution in [1.29, 1.82) is 0 Å². The van der Waals surface area contributed by atoms with Crippen molar-refractivity contribution in [2.75, 3.05) is 18.0 Å². The molecule has 3 rings (SSSR count). The molecule has 172 valence electrons. The molecule has 2 atom stereocenters. The van der Waals surface area contributed by atoms with Crippen molar-refractivity contribution in [3.63, 3.8) is 0 Å². The molecule has 7 nitrogen and oxygen atoms in total. The highest BCUT2D eigenvalue weighted by Crippen LogP contribution is 2.35. The summed E-state index contributed by atoms with van der Waals surface area (Å²) in [5.74, 6) is -2.05. The molecule has 0 radical (unpaired) electrons. The molecule has 2 amide bonds. The highest BCUT2D eigenvalue weighted by molar-refractivity contribution is 6.32. The van der Waals surface area contributed by atoms with Gasteiger partial charge in [0.25, 0.3) is 17.4 Å². The number of benzene rings is 1. The Labute approximate surface area is 186 Å². The van der Waals surface area contributed by atoms with E-state index >= 15 is 0 Å². The third kappa shape index (κ3) is 4.68. The lowest BCUT2D eigenvalue weighted by Gasteiger charge is -2.44. The molecule has 12 heteroatoms. The highest BCUT2D eigenvalue weighted by Gasteiger charge is 2.50. The summed E-state index contributed by atoms with van der Waals surface area (Å²) in [7, 11) is 0. The van der Waals surface area contributed by atoms with Crippen LogP contribution in [0, 0.1) is 6.92 Å². The number of anilines is 1. The minimum absolute atomic E-state index is 0.121. The van der Waals surface area contributed by atoms with Gasteiger partial charge in [-0.25, -0.2) is 19.3 Å². The Balaban J connectivity index is 2.02. The summed E-state index contributed by atoms with van der Waals surface area (Å²) in [4.78, 5) is 35.1. The molecule has 0 spiro atoms. The summed E-state index contributed by atoms with van der Waals surface area (Å²) >= 11 is 5.46. The Morgan fingerprint density at radius 1 is 1.19 bits per heavy atom. The van der Waals surface area contributed by atoms with E-state index in [4.69, 9.17) is 11.6 Å².